The van der Waals surface area contributed by atoms with Crippen LogP contribution in [0, 0.1) is 6.92 Å². The Labute approximate surface area is 157 Å². The van der Waals surface area contributed by atoms with Crippen LogP contribution in [0.1, 0.15) is 21.1 Å². The highest BCUT2D eigenvalue weighted by Gasteiger charge is 2.09. The number of aryl methyl sites for hydroxylation is 1. The number of aromatic nitrogens is 2. The summed E-state index contributed by atoms with van der Waals surface area (Å²) < 4.78 is 12.3. The summed E-state index contributed by atoms with van der Waals surface area (Å²) in [6, 6.07) is 11.6. The Balaban J connectivity index is 1.41. The van der Waals surface area contributed by atoms with Crippen LogP contribution in [-0.4, -0.2) is 15.3 Å². The summed E-state index contributed by atoms with van der Waals surface area (Å²) in [5.41, 5.74) is 1.06. The molecule has 0 fully saturated rings. The number of benzene rings is 1. The number of thiazole rings is 1. The van der Waals surface area contributed by atoms with Gasteiger partial charge >= 0.3 is 0 Å². The summed E-state index contributed by atoms with van der Waals surface area (Å²) in [7, 11) is 0. The van der Waals surface area contributed by atoms with E-state index in [-0.39, 0.29) is 23.8 Å². The maximum Gasteiger partial charge on any atom is 0.291 e. The van der Waals surface area contributed by atoms with Crippen LogP contribution >= 0.6 is 11.3 Å². The van der Waals surface area contributed by atoms with Crippen LogP contribution in [0.4, 0.5) is 5.69 Å². The van der Waals surface area contributed by atoms with Gasteiger partial charge in [0.05, 0.1) is 12.0 Å². The highest BCUT2D eigenvalue weighted by molar-refractivity contribution is 7.16. The van der Waals surface area contributed by atoms with E-state index in [0.29, 0.717) is 22.1 Å². The second-order valence-corrected chi connectivity index (χ2v) is 7.04. The van der Waals surface area contributed by atoms with Crippen molar-refractivity contribution in [2.45, 2.75) is 13.5 Å². The average Bonchev–Trinajstić information content (AvgIpc) is 3.30. The molecule has 3 heterocycles. The molecule has 7 nitrogen and oxygen atoms in total. The van der Waals surface area contributed by atoms with Crippen LogP contribution in [0.15, 0.2) is 64.1 Å². The van der Waals surface area contributed by atoms with Gasteiger partial charge in [-0.2, -0.15) is 0 Å². The molecular weight excluding hydrogens is 366 g/mol. The standard InChI is InChI=1S/C19H15N3O4S/c1-12-10-22-17(23)9-14(21-19(22)27-12)11-26-15-6-4-13(5-7-15)20-18(24)16-3-2-8-25-16/h2-10H,11H2,1H3,(H,20,24). The zero-order valence-corrected chi connectivity index (χ0v) is 15.2. The zero-order chi connectivity index (χ0) is 18.8. The van der Waals surface area contributed by atoms with Gasteiger partial charge in [-0.3, -0.25) is 14.0 Å². The Kier molecular flexibility index (Phi) is 4.47. The first kappa shape index (κ1) is 17.0. The zero-order valence-electron chi connectivity index (χ0n) is 14.3. The van der Waals surface area contributed by atoms with Gasteiger partial charge < -0.3 is 14.5 Å². The summed E-state index contributed by atoms with van der Waals surface area (Å²) in [5.74, 6) is 0.528. The Bertz CT molecular complexity index is 1140. The van der Waals surface area contributed by atoms with E-state index in [4.69, 9.17) is 9.15 Å². The van der Waals surface area contributed by atoms with E-state index in [2.05, 4.69) is 10.3 Å². The molecule has 0 spiro atoms. The Morgan fingerprint density at radius 3 is 2.85 bits per heavy atom. The molecule has 136 valence electrons. The fourth-order valence-electron chi connectivity index (χ4n) is 2.52. The Morgan fingerprint density at radius 2 is 2.11 bits per heavy atom. The molecule has 0 unspecified atom stereocenters. The number of hydrogen-bond donors (Lipinski definition) is 1. The molecule has 0 aliphatic rings. The molecule has 3 aromatic heterocycles. The molecule has 1 aromatic carbocycles. The van der Waals surface area contributed by atoms with Crippen LogP contribution in [0.5, 0.6) is 5.75 Å². The largest absolute Gasteiger partial charge is 0.487 e. The van der Waals surface area contributed by atoms with Crippen molar-refractivity contribution in [1.29, 1.82) is 0 Å². The van der Waals surface area contributed by atoms with E-state index < -0.39 is 0 Å². The number of amides is 1. The molecule has 0 aliphatic carbocycles. The van der Waals surface area contributed by atoms with Crippen molar-refractivity contribution < 1.29 is 13.9 Å². The third kappa shape index (κ3) is 3.75. The summed E-state index contributed by atoms with van der Waals surface area (Å²) in [5, 5.41) is 2.73. The van der Waals surface area contributed by atoms with Crippen LogP contribution in [0.3, 0.4) is 0 Å². The second kappa shape index (κ2) is 7.08. The minimum absolute atomic E-state index is 0.126. The van der Waals surface area contributed by atoms with E-state index >= 15 is 0 Å². The Hall–Kier alpha value is -3.39. The van der Waals surface area contributed by atoms with Crippen LogP contribution in [0.2, 0.25) is 0 Å². The number of nitrogens with zero attached hydrogens (tertiary/aromatic N) is 2. The van der Waals surface area contributed by atoms with Gasteiger partial charge in [0.2, 0.25) is 0 Å². The van der Waals surface area contributed by atoms with E-state index in [0.717, 1.165) is 4.88 Å². The van der Waals surface area contributed by atoms with Crippen molar-refractivity contribution in [2.24, 2.45) is 0 Å². The first-order chi connectivity index (χ1) is 13.1. The summed E-state index contributed by atoms with van der Waals surface area (Å²) in [6.45, 7) is 2.11. The molecule has 0 saturated heterocycles. The van der Waals surface area contributed by atoms with E-state index in [1.165, 1.54) is 28.1 Å². The van der Waals surface area contributed by atoms with E-state index in [9.17, 15) is 9.59 Å². The van der Waals surface area contributed by atoms with Gasteiger partial charge in [-0.25, -0.2) is 4.98 Å². The SMILES string of the molecule is Cc1cn2c(=O)cc(COc3ccc(NC(=O)c4ccco4)cc3)nc2s1. The number of fused-ring (bicyclic) bond motifs is 1. The molecular formula is C19H15N3O4S. The fraction of sp³-hybridized carbons (Fsp3) is 0.105. The van der Waals surface area contributed by atoms with E-state index in [1.807, 2.05) is 6.92 Å². The van der Waals surface area contributed by atoms with Crippen molar-refractivity contribution >= 4 is 27.9 Å². The molecule has 27 heavy (non-hydrogen) atoms. The minimum Gasteiger partial charge on any atom is -0.487 e. The maximum absolute atomic E-state index is 12.1. The molecule has 1 amide bonds. The smallest absolute Gasteiger partial charge is 0.291 e. The predicted octanol–water partition coefficient (Wildman–Crippen LogP) is 3.49. The molecule has 1 N–H and O–H groups in total. The summed E-state index contributed by atoms with van der Waals surface area (Å²) in [4.78, 5) is 30.1. The molecule has 0 atom stereocenters. The molecule has 0 aliphatic heterocycles. The molecule has 0 saturated carbocycles. The van der Waals surface area contributed by atoms with Crippen molar-refractivity contribution in [2.75, 3.05) is 5.32 Å². The monoisotopic (exact) mass is 381 g/mol. The van der Waals surface area contributed by atoms with Crippen LogP contribution in [-0.2, 0) is 6.61 Å². The molecule has 0 radical (unpaired) electrons. The number of carbonyl (C=O) groups excluding carboxylic acids is 1. The third-order valence-corrected chi connectivity index (χ3v) is 4.68. The lowest BCUT2D eigenvalue weighted by Gasteiger charge is -2.07. The lowest BCUT2D eigenvalue weighted by atomic mass is 10.3. The lowest BCUT2D eigenvalue weighted by Crippen LogP contribution is -2.14. The number of nitrogens with one attached hydrogen (secondary N) is 1. The molecule has 0 bridgehead atoms. The number of hydrogen-bond acceptors (Lipinski definition) is 6. The summed E-state index contributed by atoms with van der Waals surface area (Å²) in [6.07, 6.45) is 3.22. The number of rotatable bonds is 5. The molecule has 8 heteroatoms. The van der Waals surface area contributed by atoms with Gasteiger partial charge in [0.25, 0.3) is 11.5 Å². The van der Waals surface area contributed by atoms with Gasteiger partial charge in [0.1, 0.15) is 12.4 Å². The average molecular weight is 381 g/mol. The normalized spacial score (nSPS) is 10.9. The first-order valence-corrected chi connectivity index (χ1v) is 8.96. The molecule has 4 aromatic rings. The van der Waals surface area contributed by atoms with Crippen molar-refractivity contribution in [1.82, 2.24) is 9.38 Å². The quantitative estimate of drug-likeness (QED) is 0.572. The summed E-state index contributed by atoms with van der Waals surface area (Å²) >= 11 is 1.46. The number of ether oxygens (including phenoxy) is 1. The number of furan rings is 1. The topological polar surface area (TPSA) is 85.8 Å². The van der Waals surface area contributed by atoms with Crippen LogP contribution < -0.4 is 15.6 Å². The number of carbonyl (C=O) groups is 1. The minimum atomic E-state index is -0.321. The highest BCUT2D eigenvalue weighted by atomic mass is 32.1. The van der Waals surface area contributed by atoms with Crippen molar-refractivity contribution in [3.63, 3.8) is 0 Å². The second-order valence-electron chi connectivity index (χ2n) is 5.82. The van der Waals surface area contributed by atoms with Gasteiger partial charge in [0.15, 0.2) is 10.7 Å². The fourth-order valence-corrected chi connectivity index (χ4v) is 3.37. The van der Waals surface area contributed by atoms with E-state index in [1.54, 1.807) is 42.6 Å². The van der Waals surface area contributed by atoms with Crippen molar-refractivity contribution in [3.05, 3.63) is 81.6 Å². The highest BCUT2D eigenvalue weighted by Crippen LogP contribution is 2.18. The first-order valence-electron chi connectivity index (χ1n) is 8.15. The van der Waals surface area contributed by atoms with Gasteiger partial charge in [-0.15, -0.1) is 11.3 Å². The molecule has 4 rings (SSSR count). The Morgan fingerprint density at radius 1 is 1.30 bits per heavy atom. The van der Waals surface area contributed by atoms with Crippen LogP contribution in [0.25, 0.3) is 4.96 Å². The number of anilines is 1. The lowest BCUT2D eigenvalue weighted by molar-refractivity contribution is 0.0996. The third-order valence-electron chi connectivity index (χ3n) is 3.78. The predicted molar refractivity (Wildman–Crippen MR) is 102 cm³/mol. The maximum atomic E-state index is 12.1. The van der Waals surface area contributed by atoms with Gasteiger partial charge in [-0.1, -0.05) is 0 Å². The van der Waals surface area contributed by atoms with Gasteiger partial charge in [0, 0.05) is 22.8 Å². The van der Waals surface area contributed by atoms with Crippen molar-refractivity contribution in [3.8, 4) is 5.75 Å². The van der Waals surface area contributed by atoms with Gasteiger partial charge in [-0.05, 0) is 43.3 Å².